The molecule has 1 fully saturated rings. The van der Waals surface area contributed by atoms with Gasteiger partial charge in [-0.15, -0.1) is 0 Å². The zero-order chi connectivity index (χ0) is 20.3. The van der Waals surface area contributed by atoms with Crippen molar-refractivity contribution >= 4 is 17.7 Å². The van der Waals surface area contributed by atoms with E-state index in [1.807, 2.05) is 0 Å². The highest BCUT2D eigenvalue weighted by atomic mass is 19.3. The number of aromatic nitrogens is 1. The number of halogens is 2. The molecule has 3 rings (SSSR count). The smallest absolute Gasteiger partial charge is 0.338 e. The molecular formula is C18H18F2N4O4. The molecular weight excluding hydrogens is 374 g/mol. The first-order chi connectivity index (χ1) is 13.4. The van der Waals surface area contributed by atoms with Gasteiger partial charge in [-0.1, -0.05) is 0 Å². The van der Waals surface area contributed by atoms with Crippen molar-refractivity contribution in [3.63, 3.8) is 0 Å². The van der Waals surface area contributed by atoms with Crippen molar-refractivity contribution in [1.29, 1.82) is 0 Å². The predicted octanol–water partition coefficient (Wildman–Crippen LogP) is 2.94. The zero-order valence-electron chi connectivity index (χ0n) is 15.3. The lowest BCUT2D eigenvalue weighted by Crippen LogP contribution is -2.29. The number of hydrazine groups is 1. The van der Waals surface area contributed by atoms with Crippen LogP contribution in [0.15, 0.2) is 35.5 Å². The van der Waals surface area contributed by atoms with E-state index in [0.29, 0.717) is 11.3 Å². The van der Waals surface area contributed by atoms with Crippen LogP contribution in [0.1, 0.15) is 29.4 Å². The summed E-state index contributed by atoms with van der Waals surface area (Å²) in [5.74, 6) is -0.401. The number of esters is 1. The summed E-state index contributed by atoms with van der Waals surface area (Å²) in [5.41, 5.74) is 6.32. The molecule has 1 aliphatic heterocycles. The number of nitrogens with zero attached hydrogens (tertiary/aromatic N) is 2. The van der Waals surface area contributed by atoms with E-state index in [1.54, 1.807) is 19.1 Å². The first-order valence-electron chi connectivity index (χ1n) is 8.24. The van der Waals surface area contributed by atoms with Crippen LogP contribution in [-0.2, 0) is 9.47 Å². The van der Waals surface area contributed by atoms with Crippen LogP contribution >= 0.6 is 0 Å². The third-order valence-corrected chi connectivity index (χ3v) is 3.93. The molecule has 2 aromatic rings. The minimum atomic E-state index is -2.78. The molecule has 2 N–H and O–H groups in total. The molecule has 2 heterocycles. The minimum Gasteiger partial charge on any atom is -0.494 e. The largest absolute Gasteiger partial charge is 0.494 e. The molecule has 1 aromatic carbocycles. The van der Waals surface area contributed by atoms with Crippen molar-refractivity contribution in [1.82, 2.24) is 15.8 Å². The fourth-order valence-corrected chi connectivity index (χ4v) is 2.63. The Kier molecular flexibility index (Phi) is 5.69. The number of alkyl halides is 2. The quantitative estimate of drug-likeness (QED) is 0.756. The number of nitrogens with one attached hydrogen (secondary N) is 2. The number of pyridine rings is 1. The molecule has 0 amide bonds. The first kappa shape index (κ1) is 19.5. The predicted molar refractivity (Wildman–Crippen MR) is 96.4 cm³/mol. The van der Waals surface area contributed by atoms with Crippen LogP contribution in [0.2, 0.25) is 0 Å². The number of carbonyl (C=O) groups excluding carboxylic acids is 1. The molecule has 148 valence electrons. The first-order valence-corrected chi connectivity index (χ1v) is 8.24. The third-order valence-electron chi connectivity index (χ3n) is 3.93. The summed E-state index contributed by atoms with van der Waals surface area (Å²) in [7, 11) is 2.62. The summed E-state index contributed by atoms with van der Waals surface area (Å²) >= 11 is 0. The van der Waals surface area contributed by atoms with Crippen LogP contribution in [-0.4, -0.2) is 37.4 Å². The number of rotatable bonds is 5. The van der Waals surface area contributed by atoms with Gasteiger partial charge in [0.2, 0.25) is 0 Å². The van der Waals surface area contributed by atoms with Crippen molar-refractivity contribution < 1.29 is 27.8 Å². The van der Waals surface area contributed by atoms with E-state index < -0.39 is 18.1 Å². The molecule has 0 radical (unpaired) electrons. The normalized spacial score (nSPS) is 17.4. The van der Waals surface area contributed by atoms with Gasteiger partial charge in [-0.25, -0.2) is 13.6 Å². The van der Waals surface area contributed by atoms with Gasteiger partial charge in [0.1, 0.15) is 11.4 Å². The van der Waals surface area contributed by atoms with E-state index in [9.17, 15) is 13.6 Å². The maximum Gasteiger partial charge on any atom is 0.338 e. The molecule has 1 aliphatic rings. The summed E-state index contributed by atoms with van der Waals surface area (Å²) in [4.78, 5) is 20.2. The number of methoxy groups -OCH3 is 2. The summed E-state index contributed by atoms with van der Waals surface area (Å²) in [6.07, 6.45) is -1.86. The van der Waals surface area contributed by atoms with E-state index in [0.717, 1.165) is 0 Å². The van der Waals surface area contributed by atoms with Crippen LogP contribution in [0, 0.1) is 0 Å². The van der Waals surface area contributed by atoms with Crippen molar-refractivity contribution in [2.45, 2.75) is 19.6 Å². The van der Waals surface area contributed by atoms with Gasteiger partial charge in [-0.2, -0.15) is 10.4 Å². The maximum absolute atomic E-state index is 13.2. The molecule has 0 saturated carbocycles. The highest BCUT2D eigenvalue weighted by Crippen LogP contribution is 2.36. The Bertz CT molecular complexity index is 920. The molecule has 28 heavy (non-hydrogen) atoms. The van der Waals surface area contributed by atoms with Crippen LogP contribution in [0.25, 0.3) is 11.1 Å². The second-order valence-electron chi connectivity index (χ2n) is 5.78. The van der Waals surface area contributed by atoms with Crippen molar-refractivity contribution in [2.75, 3.05) is 14.2 Å². The molecule has 1 saturated heterocycles. The fourth-order valence-electron chi connectivity index (χ4n) is 2.63. The number of aliphatic imine (C=N–C) groups is 1. The highest BCUT2D eigenvalue weighted by Gasteiger charge is 2.21. The van der Waals surface area contributed by atoms with Crippen LogP contribution in [0.3, 0.4) is 0 Å². The zero-order valence-corrected chi connectivity index (χ0v) is 15.3. The monoisotopic (exact) mass is 392 g/mol. The summed E-state index contributed by atoms with van der Waals surface area (Å²) in [6, 6.07) is 6.04. The van der Waals surface area contributed by atoms with E-state index in [1.165, 1.54) is 32.5 Å². The minimum absolute atomic E-state index is 0.169. The van der Waals surface area contributed by atoms with E-state index in [4.69, 9.17) is 14.2 Å². The lowest BCUT2D eigenvalue weighted by molar-refractivity contribution is 0.0601. The molecule has 0 spiro atoms. The Morgan fingerprint density at radius 3 is 2.68 bits per heavy atom. The molecule has 8 nitrogen and oxygen atoms in total. The van der Waals surface area contributed by atoms with Gasteiger partial charge >= 0.3 is 12.0 Å². The summed E-state index contributed by atoms with van der Waals surface area (Å²) in [6.45, 7) is 1.79. The Morgan fingerprint density at radius 2 is 2.07 bits per heavy atom. The SMILES string of the molecule is COC(=O)c1ccc(N=C2NNC(C)O2)cc1-c1cc(C(F)F)ncc1OC. The Labute approximate surface area is 159 Å². The van der Waals surface area contributed by atoms with Crippen molar-refractivity contribution in [2.24, 2.45) is 4.99 Å². The van der Waals surface area contributed by atoms with Gasteiger partial charge < -0.3 is 14.2 Å². The molecule has 0 bridgehead atoms. The van der Waals surface area contributed by atoms with Crippen molar-refractivity contribution in [3.05, 3.63) is 41.7 Å². The summed E-state index contributed by atoms with van der Waals surface area (Å²) < 4.78 is 41.8. The van der Waals surface area contributed by atoms with Gasteiger partial charge in [0.15, 0.2) is 6.23 Å². The topological polar surface area (TPSA) is 94.1 Å². The van der Waals surface area contributed by atoms with E-state index >= 15 is 0 Å². The second kappa shape index (κ2) is 8.17. The number of hydrogen-bond donors (Lipinski definition) is 2. The van der Waals surface area contributed by atoms with Crippen LogP contribution in [0.5, 0.6) is 5.75 Å². The van der Waals surface area contributed by atoms with Gasteiger partial charge in [0.05, 0.1) is 31.7 Å². The second-order valence-corrected chi connectivity index (χ2v) is 5.78. The number of amidine groups is 1. The molecule has 0 aliphatic carbocycles. The standard InChI is InChI=1S/C18H18F2N4O4/c1-9-23-24-18(28-9)22-10-4-5-11(17(25)27-3)12(6-10)13-7-14(16(19)20)21-8-15(13)26-2/h4-9,16,23H,1-3H3,(H,22,24). The molecule has 1 atom stereocenters. The number of carbonyl (C=O) groups is 1. The Morgan fingerprint density at radius 1 is 1.29 bits per heavy atom. The van der Waals surface area contributed by atoms with E-state index in [2.05, 4.69) is 20.8 Å². The van der Waals surface area contributed by atoms with E-state index in [-0.39, 0.29) is 29.1 Å². The average molecular weight is 392 g/mol. The van der Waals surface area contributed by atoms with Crippen LogP contribution in [0.4, 0.5) is 14.5 Å². The van der Waals surface area contributed by atoms with Gasteiger partial charge in [0, 0.05) is 11.1 Å². The van der Waals surface area contributed by atoms with Gasteiger partial charge in [-0.3, -0.25) is 10.4 Å². The lowest BCUT2D eigenvalue weighted by Gasteiger charge is -2.14. The lowest BCUT2D eigenvalue weighted by atomic mass is 9.98. The maximum atomic E-state index is 13.2. The Balaban J connectivity index is 2.15. The fraction of sp³-hybridized carbons (Fsp3) is 0.278. The Hall–Kier alpha value is -3.27. The highest BCUT2D eigenvalue weighted by molar-refractivity contribution is 5.99. The van der Waals surface area contributed by atoms with Gasteiger partial charge in [-0.05, 0) is 31.2 Å². The molecule has 1 aromatic heterocycles. The number of hydrogen-bond acceptors (Lipinski definition) is 7. The third kappa shape index (κ3) is 4.01. The molecule has 10 heteroatoms. The van der Waals surface area contributed by atoms with Gasteiger partial charge in [0.25, 0.3) is 6.43 Å². The van der Waals surface area contributed by atoms with Crippen LogP contribution < -0.4 is 15.6 Å². The van der Waals surface area contributed by atoms with Crippen molar-refractivity contribution in [3.8, 4) is 16.9 Å². The number of ether oxygens (including phenoxy) is 3. The molecule has 1 unspecified atom stereocenters. The summed E-state index contributed by atoms with van der Waals surface area (Å²) in [5, 5.41) is 0. The number of benzene rings is 1. The average Bonchev–Trinajstić information content (AvgIpc) is 3.11.